The number of nitrogens with zero attached hydrogens (tertiary/aromatic N) is 1. The highest BCUT2D eigenvalue weighted by molar-refractivity contribution is 6.39. The molecule has 30 heavy (non-hydrogen) atoms. The summed E-state index contributed by atoms with van der Waals surface area (Å²) in [5.74, 6) is -1.93. The summed E-state index contributed by atoms with van der Waals surface area (Å²) in [7, 11) is 0. The number of esters is 1. The Morgan fingerprint density at radius 2 is 1.60 bits per heavy atom. The predicted molar refractivity (Wildman–Crippen MR) is 114 cm³/mol. The first kappa shape index (κ1) is 20.8. The standard InChI is InChI=1S/C22H16ClN3O4/c23-17-6-4-5-16(13-17)22(29)30-19-11-9-15(10-12-19)14-24-26-21(28)20(27)25-18-7-2-1-3-8-18/h1-14H,(H,25,27)(H,26,28)/b24-14+. The van der Waals surface area contributed by atoms with E-state index in [9.17, 15) is 14.4 Å². The van der Waals surface area contributed by atoms with Gasteiger partial charge in [-0.05, 0) is 60.2 Å². The number of anilines is 1. The first-order valence-electron chi connectivity index (χ1n) is 8.78. The van der Waals surface area contributed by atoms with Gasteiger partial charge in [0.15, 0.2) is 0 Å². The molecule has 0 heterocycles. The fourth-order valence-corrected chi connectivity index (χ4v) is 2.52. The van der Waals surface area contributed by atoms with E-state index in [1.165, 1.54) is 12.3 Å². The number of carbonyl (C=O) groups is 3. The third-order valence-corrected chi connectivity index (χ3v) is 4.00. The average Bonchev–Trinajstić information content (AvgIpc) is 2.75. The third kappa shape index (κ3) is 6.02. The number of rotatable bonds is 5. The van der Waals surface area contributed by atoms with Crippen LogP contribution in [0.3, 0.4) is 0 Å². The monoisotopic (exact) mass is 421 g/mol. The fraction of sp³-hybridized carbons (Fsp3) is 0. The van der Waals surface area contributed by atoms with Crippen LogP contribution in [0.1, 0.15) is 15.9 Å². The molecule has 0 aromatic heterocycles. The zero-order valence-electron chi connectivity index (χ0n) is 15.5. The summed E-state index contributed by atoms with van der Waals surface area (Å²) in [5, 5.41) is 6.64. The van der Waals surface area contributed by atoms with Gasteiger partial charge in [-0.25, -0.2) is 10.2 Å². The Morgan fingerprint density at radius 1 is 0.867 bits per heavy atom. The van der Waals surface area contributed by atoms with Gasteiger partial charge in [0.05, 0.1) is 11.8 Å². The minimum absolute atomic E-state index is 0.336. The molecule has 0 aliphatic rings. The molecule has 3 aromatic carbocycles. The van der Waals surface area contributed by atoms with Crippen LogP contribution in [0.4, 0.5) is 5.69 Å². The summed E-state index contributed by atoms with van der Waals surface area (Å²) in [5.41, 5.74) is 3.61. The van der Waals surface area contributed by atoms with E-state index < -0.39 is 17.8 Å². The molecule has 0 unspecified atom stereocenters. The lowest BCUT2D eigenvalue weighted by Crippen LogP contribution is -2.32. The molecule has 0 aliphatic heterocycles. The number of amides is 2. The summed E-state index contributed by atoms with van der Waals surface area (Å²) in [6.45, 7) is 0. The third-order valence-electron chi connectivity index (χ3n) is 3.77. The number of para-hydroxylation sites is 1. The number of benzene rings is 3. The Bertz CT molecular complexity index is 1080. The van der Waals surface area contributed by atoms with Crippen molar-refractivity contribution in [2.45, 2.75) is 0 Å². The van der Waals surface area contributed by atoms with Crippen molar-refractivity contribution in [2.75, 3.05) is 5.32 Å². The van der Waals surface area contributed by atoms with Gasteiger partial charge in [-0.1, -0.05) is 35.9 Å². The molecule has 2 amide bonds. The molecule has 0 atom stereocenters. The molecule has 0 spiro atoms. The average molecular weight is 422 g/mol. The number of nitrogens with one attached hydrogen (secondary N) is 2. The van der Waals surface area contributed by atoms with E-state index in [1.807, 2.05) is 0 Å². The van der Waals surface area contributed by atoms with Crippen molar-refractivity contribution in [1.82, 2.24) is 5.43 Å². The van der Waals surface area contributed by atoms with Crippen molar-refractivity contribution in [1.29, 1.82) is 0 Å². The van der Waals surface area contributed by atoms with Crippen LogP contribution in [-0.2, 0) is 9.59 Å². The fourth-order valence-electron chi connectivity index (χ4n) is 2.33. The van der Waals surface area contributed by atoms with Gasteiger partial charge in [0.25, 0.3) is 0 Å². The molecule has 8 heteroatoms. The van der Waals surface area contributed by atoms with E-state index in [-0.39, 0.29) is 0 Å². The highest BCUT2D eigenvalue weighted by atomic mass is 35.5. The SMILES string of the molecule is O=C(N/N=C/c1ccc(OC(=O)c2cccc(Cl)c2)cc1)C(=O)Nc1ccccc1. The van der Waals surface area contributed by atoms with Crippen LogP contribution in [0, 0.1) is 0 Å². The predicted octanol–water partition coefficient (Wildman–Crippen LogP) is 3.65. The molecule has 0 fully saturated rings. The van der Waals surface area contributed by atoms with Crippen molar-refractivity contribution in [3.05, 3.63) is 95.0 Å². The zero-order chi connectivity index (χ0) is 21.3. The molecule has 0 bridgehead atoms. The maximum Gasteiger partial charge on any atom is 0.343 e. The Labute approximate surface area is 177 Å². The number of halogens is 1. The molecule has 7 nitrogen and oxygen atoms in total. The van der Waals surface area contributed by atoms with Crippen molar-refractivity contribution in [3.8, 4) is 5.75 Å². The maximum atomic E-state index is 12.1. The number of hydrogen-bond acceptors (Lipinski definition) is 5. The van der Waals surface area contributed by atoms with Crippen LogP contribution >= 0.6 is 11.6 Å². The van der Waals surface area contributed by atoms with E-state index in [0.29, 0.717) is 27.6 Å². The minimum Gasteiger partial charge on any atom is -0.423 e. The van der Waals surface area contributed by atoms with Crippen LogP contribution in [0.5, 0.6) is 5.75 Å². The lowest BCUT2D eigenvalue weighted by Gasteiger charge is -2.05. The summed E-state index contributed by atoms with van der Waals surface area (Å²) in [6.07, 6.45) is 1.36. The summed E-state index contributed by atoms with van der Waals surface area (Å²) in [4.78, 5) is 35.7. The van der Waals surface area contributed by atoms with Gasteiger partial charge in [0.1, 0.15) is 5.75 Å². The Hall–Kier alpha value is -3.97. The highest BCUT2D eigenvalue weighted by Gasteiger charge is 2.12. The van der Waals surface area contributed by atoms with Crippen molar-refractivity contribution >= 4 is 41.3 Å². The first-order valence-corrected chi connectivity index (χ1v) is 9.16. The van der Waals surface area contributed by atoms with Crippen molar-refractivity contribution < 1.29 is 19.1 Å². The Morgan fingerprint density at radius 3 is 2.30 bits per heavy atom. The molecular formula is C22H16ClN3O4. The molecule has 0 saturated carbocycles. The molecule has 0 saturated heterocycles. The molecule has 0 radical (unpaired) electrons. The van der Waals surface area contributed by atoms with Gasteiger partial charge in [-0.15, -0.1) is 0 Å². The van der Waals surface area contributed by atoms with Gasteiger partial charge in [-0.2, -0.15) is 5.10 Å². The lowest BCUT2D eigenvalue weighted by atomic mass is 10.2. The van der Waals surface area contributed by atoms with Gasteiger partial charge >= 0.3 is 17.8 Å². The molecule has 3 aromatic rings. The molecule has 0 aliphatic carbocycles. The second-order valence-corrected chi connectivity index (χ2v) is 6.42. The van der Waals surface area contributed by atoms with Gasteiger partial charge in [-0.3, -0.25) is 9.59 Å². The Balaban J connectivity index is 1.51. The van der Waals surface area contributed by atoms with E-state index in [2.05, 4.69) is 15.8 Å². The van der Waals surface area contributed by atoms with E-state index in [0.717, 1.165) is 0 Å². The van der Waals surface area contributed by atoms with Crippen LogP contribution in [0.15, 0.2) is 84.0 Å². The molecular weight excluding hydrogens is 406 g/mol. The number of hydrogen-bond donors (Lipinski definition) is 2. The van der Waals surface area contributed by atoms with Gasteiger partial charge in [0.2, 0.25) is 0 Å². The minimum atomic E-state index is -0.901. The second kappa shape index (κ2) is 9.99. The Kier molecular flexibility index (Phi) is 6.91. The smallest absolute Gasteiger partial charge is 0.343 e. The maximum absolute atomic E-state index is 12.1. The molecule has 2 N–H and O–H groups in total. The summed E-state index contributed by atoms with van der Waals surface area (Å²) >= 11 is 5.87. The number of ether oxygens (including phenoxy) is 1. The highest BCUT2D eigenvalue weighted by Crippen LogP contribution is 2.16. The normalized spacial score (nSPS) is 10.4. The van der Waals surface area contributed by atoms with Crippen LogP contribution < -0.4 is 15.5 Å². The van der Waals surface area contributed by atoms with Crippen LogP contribution in [-0.4, -0.2) is 24.0 Å². The first-order chi connectivity index (χ1) is 14.5. The largest absolute Gasteiger partial charge is 0.423 e. The van der Waals surface area contributed by atoms with Crippen molar-refractivity contribution in [2.24, 2.45) is 5.10 Å². The van der Waals surface area contributed by atoms with Gasteiger partial charge < -0.3 is 10.1 Å². The van der Waals surface area contributed by atoms with E-state index in [1.54, 1.807) is 72.8 Å². The zero-order valence-corrected chi connectivity index (χ0v) is 16.3. The molecule has 3 rings (SSSR count). The quantitative estimate of drug-likeness (QED) is 0.216. The molecule has 150 valence electrons. The topological polar surface area (TPSA) is 96.9 Å². The van der Waals surface area contributed by atoms with E-state index in [4.69, 9.17) is 16.3 Å². The number of hydrazone groups is 1. The van der Waals surface area contributed by atoms with Gasteiger partial charge in [0, 0.05) is 10.7 Å². The van der Waals surface area contributed by atoms with Crippen LogP contribution in [0.2, 0.25) is 5.02 Å². The summed E-state index contributed by atoms with van der Waals surface area (Å²) in [6, 6.07) is 21.5. The van der Waals surface area contributed by atoms with E-state index >= 15 is 0 Å². The van der Waals surface area contributed by atoms with Crippen molar-refractivity contribution in [3.63, 3.8) is 0 Å². The van der Waals surface area contributed by atoms with Crippen LogP contribution in [0.25, 0.3) is 0 Å². The second-order valence-electron chi connectivity index (χ2n) is 5.99. The lowest BCUT2D eigenvalue weighted by molar-refractivity contribution is -0.136. The number of carbonyl (C=O) groups excluding carboxylic acids is 3. The summed E-state index contributed by atoms with van der Waals surface area (Å²) < 4.78 is 5.28.